The molecule has 0 aliphatic rings. The van der Waals surface area contributed by atoms with Gasteiger partial charge in [0.05, 0.1) is 20.5 Å². The molecule has 0 spiro atoms. The van der Waals surface area contributed by atoms with Gasteiger partial charge in [0.1, 0.15) is 5.76 Å². The summed E-state index contributed by atoms with van der Waals surface area (Å²) < 4.78 is 16.3. The highest BCUT2D eigenvalue weighted by molar-refractivity contribution is 6.31. The van der Waals surface area contributed by atoms with Crippen LogP contribution in [0.2, 0.25) is 5.02 Å². The highest BCUT2D eigenvalue weighted by atomic mass is 35.5. The van der Waals surface area contributed by atoms with E-state index in [9.17, 15) is 9.59 Å². The van der Waals surface area contributed by atoms with Crippen molar-refractivity contribution in [2.75, 3.05) is 14.2 Å². The number of rotatable bonds is 8. The smallest absolute Gasteiger partial charge is 0.255 e. The molecule has 0 aliphatic carbocycles. The van der Waals surface area contributed by atoms with Crippen molar-refractivity contribution in [3.05, 3.63) is 82.8 Å². The van der Waals surface area contributed by atoms with Gasteiger partial charge in [-0.25, -0.2) is 0 Å². The zero-order valence-electron chi connectivity index (χ0n) is 19.9. The van der Waals surface area contributed by atoms with Crippen LogP contribution < -0.4 is 14.8 Å². The average Bonchev–Trinajstić information content (AvgIpc) is 3.32. The maximum Gasteiger partial charge on any atom is 0.255 e. The third-order valence-corrected chi connectivity index (χ3v) is 5.43. The summed E-state index contributed by atoms with van der Waals surface area (Å²) in [4.78, 5) is 28.8. The van der Waals surface area contributed by atoms with Crippen molar-refractivity contribution in [2.45, 2.75) is 38.9 Å². The lowest BCUT2D eigenvalue weighted by Crippen LogP contribution is -2.49. The van der Waals surface area contributed by atoms with Crippen LogP contribution in [0.15, 0.2) is 65.3 Å². The molecule has 180 valence electrons. The van der Waals surface area contributed by atoms with E-state index in [1.54, 1.807) is 36.4 Å². The zero-order valence-corrected chi connectivity index (χ0v) is 20.7. The second-order valence-corrected chi connectivity index (χ2v) is 9.16. The van der Waals surface area contributed by atoms with Crippen molar-refractivity contribution < 1.29 is 23.5 Å². The predicted octanol–water partition coefficient (Wildman–Crippen LogP) is 5.25. The van der Waals surface area contributed by atoms with Gasteiger partial charge >= 0.3 is 0 Å². The van der Waals surface area contributed by atoms with Gasteiger partial charge in [0, 0.05) is 22.7 Å². The Morgan fingerprint density at radius 3 is 2.32 bits per heavy atom. The van der Waals surface area contributed by atoms with Crippen LogP contribution in [-0.4, -0.2) is 36.5 Å². The summed E-state index contributed by atoms with van der Waals surface area (Å²) in [6.45, 7) is 5.70. The van der Waals surface area contributed by atoms with Gasteiger partial charge in [0.25, 0.3) is 11.8 Å². The Labute approximate surface area is 204 Å². The summed E-state index contributed by atoms with van der Waals surface area (Å²) in [6, 6.07) is 14.4. The first-order valence-electron chi connectivity index (χ1n) is 10.8. The normalized spacial score (nSPS) is 12.1. The number of methoxy groups -OCH3 is 2. The number of hydrogen-bond donors (Lipinski definition) is 1. The van der Waals surface area contributed by atoms with Crippen LogP contribution in [0.5, 0.6) is 11.5 Å². The molecule has 1 aromatic heterocycles. The topological polar surface area (TPSA) is 81.0 Å². The zero-order chi connectivity index (χ0) is 24.9. The Morgan fingerprint density at radius 2 is 1.74 bits per heavy atom. The molecule has 7 nitrogen and oxygen atoms in total. The van der Waals surface area contributed by atoms with E-state index in [0.29, 0.717) is 33.4 Å². The van der Waals surface area contributed by atoms with Gasteiger partial charge in [-0.15, -0.1) is 0 Å². The van der Waals surface area contributed by atoms with Gasteiger partial charge in [0.2, 0.25) is 0 Å². The van der Waals surface area contributed by atoms with Crippen molar-refractivity contribution in [1.29, 1.82) is 0 Å². The third kappa shape index (κ3) is 5.91. The number of carbonyl (C=O) groups is 2. The first-order chi connectivity index (χ1) is 16.1. The van der Waals surface area contributed by atoms with Gasteiger partial charge in [-0.3, -0.25) is 9.59 Å². The first kappa shape index (κ1) is 25.2. The van der Waals surface area contributed by atoms with Gasteiger partial charge < -0.3 is 24.1 Å². The van der Waals surface area contributed by atoms with E-state index < -0.39 is 17.5 Å². The minimum absolute atomic E-state index is 0.0791. The molecule has 1 heterocycles. The van der Waals surface area contributed by atoms with E-state index in [1.807, 2.05) is 39.0 Å². The molecule has 3 aromatic rings. The van der Waals surface area contributed by atoms with Gasteiger partial charge in [-0.1, -0.05) is 29.8 Å². The Kier molecular flexibility index (Phi) is 7.89. The molecule has 8 heteroatoms. The number of halogens is 1. The molecular formula is C26H29ClN2O5. The summed E-state index contributed by atoms with van der Waals surface area (Å²) in [5.41, 5.74) is 0.493. The number of nitrogens with one attached hydrogen (secondary N) is 1. The van der Waals surface area contributed by atoms with E-state index in [1.165, 1.54) is 25.4 Å². The van der Waals surface area contributed by atoms with Crippen LogP contribution in [0.3, 0.4) is 0 Å². The molecule has 34 heavy (non-hydrogen) atoms. The fraction of sp³-hybridized carbons (Fsp3) is 0.308. The van der Waals surface area contributed by atoms with Crippen molar-refractivity contribution in [1.82, 2.24) is 10.2 Å². The lowest BCUT2D eigenvalue weighted by Gasteiger charge is -2.32. The van der Waals surface area contributed by atoms with Crippen LogP contribution in [0, 0.1) is 0 Å². The van der Waals surface area contributed by atoms with Crippen LogP contribution >= 0.6 is 11.6 Å². The lowest BCUT2D eigenvalue weighted by atomic mass is 10.0. The van der Waals surface area contributed by atoms with Crippen LogP contribution in [-0.2, 0) is 11.3 Å². The number of nitrogens with zero attached hydrogens (tertiary/aromatic N) is 1. The Morgan fingerprint density at radius 1 is 1.03 bits per heavy atom. The second-order valence-electron chi connectivity index (χ2n) is 8.75. The van der Waals surface area contributed by atoms with Crippen molar-refractivity contribution >= 4 is 23.4 Å². The molecule has 0 saturated heterocycles. The van der Waals surface area contributed by atoms with Crippen molar-refractivity contribution in [2.24, 2.45) is 0 Å². The number of amides is 2. The van der Waals surface area contributed by atoms with Crippen molar-refractivity contribution in [3.63, 3.8) is 0 Å². The summed E-state index contributed by atoms with van der Waals surface area (Å²) in [5.74, 6) is 0.460. The highest BCUT2D eigenvalue weighted by Crippen LogP contribution is 2.32. The summed E-state index contributed by atoms with van der Waals surface area (Å²) >= 11 is 6.42. The highest BCUT2D eigenvalue weighted by Gasteiger charge is 2.36. The lowest BCUT2D eigenvalue weighted by molar-refractivity contribution is -0.128. The Balaban J connectivity index is 2.12. The molecule has 1 atom stereocenters. The first-order valence-corrected chi connectivity index (χ1v) is 11.1. The maximum absolute atomic E-state index is 13.9. The van der Waals surface area contributed by atoms with E-state index in [2.05, 4.69) is 5.32 Å². The summed E-state index contributed by atoms with van der Waals surface area (Å²) in [6.07, 6.45) is 1.47. The Hall–Kier alpha value is -3.45. The second kappa shape index (κ2) is 10.7. The van der Waals surface area contributed by atoms with Gasteiger partial charge in [0.15, 0.2) is 17.5 Å². The van der Waals surface area contributed by atoms with E-state index in [-0.39, 0.29) is 12.5 Å². The molecule has 3 rings (SSSR count). The quantitative estimate of drug-likeness (QED) is 0.472. The average molecular weight is 485 g/mol. The minimum Gasteiger partial charge on any atom is -0.493 e. The molecule has 2 aromatic carbocycles. The van der Waals surface area contributed by atoms with Gasteiger partial charge in [-0.2, -0.15) is 0 Å². The molecule has 0 bridgehead atoms. The molecular weight excluding hydrogens is 456 g/mol. The fourth-order valence-corrected chi connectivity index (χ4v) is 3.73. The molecule has 2 amide bonds. The SMILES string of the molecule is COc1ccc(C(=O)N(Cc2ccccc2Cl)[C@@H](C(=O)NC(C)(C)C)c2ccco2)cc1OC. The standard InChI is InChI=1S/C26H29ClN2O5/c1-26(2,3)28-24(30)23(21-11-8-14-34-21)29(16-18-9-6-7-10-19(18)27)25(31)17-12-13-20(32-4)22(15-17)33-5/h6-15,23H,16H2,1-5H3,(H,28,30)/t23-/m1/s1. The fourth-order valence-electron chi connectivity index (χ4n) is 3.53. The van der Waals surface area contributed by atoms with Crippen LogP contribution in [0.25, 0.3) is 0 Å². The molecule has 1 N–H and O–H groups in total. The van der Waals surface area contributed by atoms with Crippen LogP contribution in [0.1, 0.15) is 48.5 Å². The Bertz CT molecular complexity index is 1140. The van der Waals surface area contributed by atoms with E-state index in [0.717, 1.165) is 0 Å². The largest absolute Gasteiger partial charge is 0.493 e. The predicted molar refractivity (Wildman–Crippen MR) is 130 cm³/mol. The number of furan rings is 1. The number of ether oxygens (including phenoxy) is 2. The molecule has 0 unspecified atom stereocenters. The summed E-state index contributed by atoms with van der Waals surface area (Å²) in [7, 11) is 3.02. The number of hydrogen-bond acceptors (Lipinski definition) is 5. The van der Waals surface area contributed by atoms with E-state index in [4.69, 9.17) is 25.5 Å². The van der Waals surface area contributed by atoms with Crippen LogP contribution in [0.4, 0.5) is 0 Å². The van der Waals surface area contributed by atoms with E-state index >= 15 is 0 Å². The molecule has 0 fully saturated rings. The van der Waals surface area contributed by atoms with Crippen molar-refractivity contribution in [3.8, 4) is 11.5 Å². The minimum atomic E-state index is -1.04. The number of benzene rings is 2. The van der Waals surface area contributed by atoms with Gasteiger partial charge in [-0.05, 0) is 62.7 Å². The molecule has 0 saturated carbocycles. The third-order valence-electron chi connectivity index (χ3n) is 5.06. The number of carbonyl (C=O) groups excluding carboxylic acids is 2. The summed E-state index contributed by atoms with van der Waals surface area (Å²) in [5, 5.41) is 3.45. The monoisotopic (exact) mass is 484 g/mol. The molecule has 0 radical (unpaired) electrons. The molecule has 0 aliphatic heterocycles. The maximum atomic E-state index is 13.9.